The number of methoxy groups -OCH3 is 1. The summed E-state index contributed by atoms with van der Waals surface area (Å²) in [6, 6.07) is 17.8. The molecule has 0 spiro atoms. The van der Waals surface area contributed by atoms with Gasteiger partial charge in [-0.2, -0.15) is 5.26 Å². The molecular formula is C19H13BrN2OS. The van der Waals surface area contributed by atoms with E-state index >= 15 is 0 Å². The molecule has 0 aliphatic heterocycles. The van der Waals surface area contributed by atoms with Crippen LogP contribution < -0.4 is 4.74 Å². The summed E-state index contributed by atoms with van der Waals surface area (Å²) < 4.78 is 6.22. The van der Waals surface area contributed by atoms with Gasteiger partial charge in [0, 0.05) is 15.4 Å². The van der Waals surface area contributed by atoms with Crippen LogP contribution in [-0.2, 0) is 0 Å². The quantitative estimate of drug-likeness (QED) is 0.535. The van der Waals surface area contributed by atoms with Gasteiger partial charge >= 0.3 is 0 Å². The molecule has 0 bridgehead atoms. The van der Waals surface area contributed by atoms with Crippen LogP contribution in [0.2, 0.25) is 0 Å². The number of thiazole rings is 1. The number of allylic oxidation sites excluding steroid dienone is 1. The lowest BCUT2D eigenvalue weighted by Gasteiger charge is -2.01. The third-order valence-corrected chi connectivity index (χ3v) is 4.75. The number of rotatable bonds is 4. The van der Waals surface area contributed by atoms with Crippen molar-refractivity contribution in [1.29, 1.82) is 5.26 Å². The standard InChI is InChI=1S/C19H13BrN2OS/c1-23-17-7-2-4-13(9-17)8-15(11-21)19-22-18(12-24-19)14-5-3-6-16(20)10-14/h2-10,12H,1H3/b15-8+. The van der Waals surface area contributed by atoms with Crippen molar-refractivity contribution in [3.05, 3.63) is 69.0 Å². The van der Waals surface area contributed by atoms with Crippen molar-refractivity contribution in [1.82, 2.24) is 4.98 Å². The maximum atomic E-state index is 9.50. The van der Waals surface area contributed by atoms with Gasteiger partial charge in [0.15, 0.2) is 0 Å². The first-order valence-corrected chi connectivity index (χ1v) is 8.84. The van der Waals surface area contributed by atoms with Crippen LogP contribution in [0.1, 0.15) is 10.6 Å². The van der Waals surface area contributed by atoms with Crippen LogP contribution >= 0.6 is 27.3 Å². The molecule has 3 aromatic rings. The molecule has 24 heavy (non-hydrogen) atoms. The van der Waals surface area contributed by atoms with E-state index in [2.05, 4.69) is 27.0 Å². The molecule has 1 heterocycles. The minimum atomic E-state index is 0.537. The average molecular weight is 397 g/mol. The maximum Gasteiger partial charge on any atom is 0.134 e. The minimum Gasteiger partial charge on any atom is -0.497 e. The topological polar surface area (TPSA) is 45.9 Å². The fourth-order valence-electron chi connectivity index (χ4n) is 2.22. The van der Waals surface area contributed by atoms with Gasteiger partial charge in [-0.3, -0.25) is 0 Å². The molecule has 0 unspecified atom stereocenters. The first kappa shape index (κ1) is 16.4. The minimum absolute atomic E-state index is 0.537. The second kappa shape index (κ2) is 7.43. The summed E-state index contributed by atoms with van der Waals surface area (Å²) >= 11 is 4.93. The largest absolute Gasteiger partial charge is 0.497 e. The van der Waals surface area contributed by atoms with Crippen LogP contribution in [0.3, 0.4) is 0 Å². The van der Waals surface area contributed by atoms with Crippen molar-refractivity contribution in [2.75, 3.05) is 7.11 Å². The zero-order valence-electron chi connectivity index (χ0n) is 12.9. The Bertz CT molecular complexity index is 940. The highest BCUT2D eigenvalue weighted by Crippen LogP contribution is 2.29. The summed E-state index contributed by atoms with van der Waals surface area (Å²) in [7, 11) is 1.62. The molecule has 0 radical (unpaired) electrons. The summed E-state index contributed by atoms with van der Waals surface area (Å²) in [5.41, 5.74) is 3.33. The Morgan fingerprint density at radius 1 is 1.25 bits per heavy atom. The molecule has 0 atom stereocenters. The number of ether oxygens (including phenoxy) is 1. The monoisotopic (exact) mass is 396 g/mol. The predicted molar refractivity (Wildman–Crippen MR) is 102 cm³/mol. The highest BCUT2D eigenvalue weighted by atomic mass is 79.9. The lowest BCUT2D eigenvalue weighted by molar-refractivity contribution is 0.414. The van der Waals surface area contributed by atoms with E-state index < -0.39 is 0 Å². The Kier molecular flexibility index (Phi) is 5.09. The highest BCUT2D eigenvalue weighted by molar-refractivity contribution is 9.10. The fraction of sp³-hybridized carbons (Fsp3) is 0.0526. The number of aromatic nitrogens is 1. The van der Waals surface area contributed by atoms with Gasteiger partial charge in [0.25, 0.3) is 0 Å². The zero-order valence-corrected chi connectivity index (χ0v) is 15.3. The fourth-order valence-corrected chi connectivity index (χ4v) is 3.41. The van der Waals surface area contributed by atoms with E-state index in [0.717, 1.165) is 27.0 Å². The zero-order chi connectivity index (χ0) is 16.9. The van der Waals surface area contributed by atoms with Crippen LogP contribution in [0.5, 0.6) is 5.75 Å². The normalized spacial score (nSPS) is 11.1. The summed E-state index contributed by atoms with van der Waals surface area (Å²) in [5, 5.41) is 12.2. The first-order valence-electron chi connectivity index (χ1n) is 7.17. The molecule has 0 aliphatic rings. The molecule has 5 heteroatoms. The second-order valence-corrected chi connectivity index (χ2v) is 6.77. The SMILES string of the molecule is COc1cccc(/C=C(\C#N)c2nc(-c3cccc(Br)c3)cs2)c1. The molecule has 1 aromatic heterocycles. The van der Waals surface area contributed by atoms with E-state index in [9.17, 15) is 5.26 Å². The molecule has 3 nitrogen and oxygen atoms in total. The third kappa shape index (κ3) is 3.73. The van der Waals surface area contributed by atoms with Crippen LogP contribution in [-0.4, -0.2) is 12.1 Å². The van der Waals surface area contributed by atoms with Gasteiger partial charge in [-0.25, -0.2) is 4.98 Å². The van der Waals surface area contributed by atoms with Gasteiger partial charge in [-0.05, 0) is 35.9 Å². The van der Waals surface area contributed by atoms with E-state index in [1.54, 1.807) is 7.11 Å². The Balaban J connectivity index is 1.95. The second-order valence-electron chi connectivity index (χ2n) is 4.99. The van der Waals surface area contributed by atoms with Crippen molar-refractivity contribution < 1.29 is 4.74 Å². The first-order chi connectivity index (χ1) is 11.7. The van der Waals surface area contributed by atoms with Crippen molar-refractivity contribution in [2.45, 2.75) is 0 Å². The Morgan fingerprint density at radius 3 is 2.83 bits per heavy atom. The molecule has 0 N–H and O–H groups in total. The highest BCUT2D eigenvalue weighted by Gasteiger charge is 2.09. The molecule has 3 rings (SSSR count). The van der Waals surface area contributed by atoms with Gasteiger partial charge < -0.3 is 4.74 Å². The number of hydrogen-bond acceptors (Lipinski definition) is 4. The Hall–Kier alpha value is -2.42. The lowest BCUT2D eigenvalue weighted by atomic mass is 10.1. The van der Waals surface area contributed by atoms with Crippen LogP contribution in [0, 0.1) is 11.3 Å². The number of benzene rings is 2. The Labute approximate surface area is 153 Å². The molecular weight excluding hydrogens is 384 g/mol. The van der Waals surface area contributed by atoms with E-state index in [1.165, 1.54) is 11.3 Å². The van der Waals surface area contributed by atoms with Gasteiger partial charge in [-0.1, -0.05) is 40.2 Å². The van der Waals surface area contributed by atoms with E-state index in [1.807, 2.05) is 60.0 Å². The van der Waals surface area contributed by atoms with Crippen LogP contribution in [0.15, 0.2) is 58.4 Å². The number of hydrogen-bond donors (Lipinski definition) is 0. The van der Waals surface area contributed by atoms with Crippen LogP contribution in [0.4, 0.5) is 0 Å². The summed E-state index contributed by atoms with van der Waals surface area (Å²) in [6.45, 7) is 0. The van der Waals surface area contributed by atoms with Gasteiger partial charge in [0.05, 0.1) is 18.4 Å². The van der Waals surface area contributed by atoms with Gasteiger partial charge in [0.2, 0.25) is 0 Å². The van der Waals surface area contributed by atoms with Gasteiger partial charge in [0.1, 0.15) is 16.8 Å². The van der Waals surface area contributed by atoms with E-state index in [-0.39, 0.29) is 0 Å². The van der Waals surface area contributed by atoms with E-state index in [0.29, 0.717) is 10.6 Å². The molecule has 2 aromatic carbocycles. The molecule has 0 saturated carbocycles. The maximum absolute atomic E-state index is 9.50. The lowest BCUT2D eigenvalue weighted by Crippen LogP contribution is -1.85. The summed E-state index contributed by atoms with van der Waals surface area (Å²) in [6.07, 6.45) is 1.83. The van der Waals surface area contributed by atoms with Crippen molar-refractivity contribution in [3.63, 3.8) is 0 Å². The predicted octanol–water partition coefficient (Wildman–Crippen LogP) is 5.65. The smallest absolute Gasteiger partial charge is 0.134 e. The van der Waals surface area contributed by atoms with Crippen LogP contribution in [0.25, 0.3) is 22.9 Å². The van der Waals surface area contributed by atoms with Gasteiger partial charge in [-0.15, -0.1) is 11.3 Å². The average Bonchev–Trinajstić information content (AvgIpc) is 3.10. The molecule has 0 fully saturated rings. The third-order valence-electron chi connectivity index (χ3n) is 3.38. The molecule has 0 amide bonds. The molecule has 118 valence electrons. The van der Waals surface area contributed by atoms with Crippen molar-refractivity contribution in [3.8, 4) is 23.1 Å². The summed E-state index contributed by atoms with van der Waals surface area (Å²) in [4.78, 5) is 4.61. The molecule has 0 aliphatic carbocycles. The number of nitrogens with zero attached hydrogens (tertiary/aromatic N) is 2. The van der Waals surface area contributed by atoms with E-state index in [4.69, 9.17) is 4.74 Å². The van der Waals surface area contributed by atoms with Crippen molar-refractivity contribution in [2.24, 2.45) is 0 Å². The number of halogens is 1. The molecule has 0 saturated heterocycles. The Morgan fingerprint density at radius 2 is 2.08 bits per heavy atom. The van der Waals surface area contributed by atoms with Crippen molar-refractivity contribution >= 4 is 38.9 Å². The number of nitriles is 1. The summed E-state index contributed by atoms with van der Waals surface area (Å²) in [5.74, 6) is 0.759.